The largest absolute Gasteiger partial charge is 0.491 e. The van der Waals surface area contributed by atoms with Gasteiger partial charge in [0, 0.05) is 32.3 Å². The number of benzene rings is 1. The predicted octanol–water partition coefficient (Wildman–Crippen LogP) is 2.86. The minimum Gasteiger partial charge on any atom is -0.491 e. The van der Waals surface area contributed by atoms with Crippen LogP contribution in [0, 0.1) is 12.3 Å². The van der Waals surface area contributed by atoms with E-state index in [4.69, 9.17) is 9.47 Å². The number of hydrogen-bond donors (Lipinski definition) is 3. The molecule has 29 heavy (non-hydrogen) atoms. The van der Waals surface area contributed by atoms with E-state index in [2.05, 4.69) is 20.9 Å². The molecule has 7 nitrogen and oxygen atoms in total. The SMILES string of the molecule is CCNC(=O)C(C)(C)CNC(=NCc1ccc(C)cc1OCCOC)NCC.I. The number of halogens is 1. The average Bonchev–Trinajstić information content (AvgIpc) is 2.65. The second-order valence-electron chi connectivity index (χ2n) is 7.24. The van der Waals surface area contributed by atoms with Gasteiger partial charge in [0.05, 0.1) is 18.6 Å². The van der Waals surface area contributed by atoms with Gasteiger partial charge in [0.15, 0.2) is 5.96 Å². The Morgan fingerprint density at radius 1 is 1.10 bits per heavy atom. The highest BCUT2D eigenvalue weighted by Crippen LogP contribution is 2.21. The lowest BCUT2D eigenvalue weighted by molar-refractivity contribution is -0.128. The quantitative estimate of drug-likeness (QED) is 0.181. The third-order valence-electron chi connectivity index (χ3n) is 4.17. The zero-order valence-corrected chi connectivity index (χ0v) is 20.9. The molecule has 3 N–H and O–H groups in total. The van der Waals surface area contributed by atoms with E-state index in [1.54, 1.807) is 7.11 Å². The lowest BCUT2D eigenvalue weighted by Crippen LogP contribution is -2.47. The Labute approximate surface area is 192 Å². The van der Waals surface area contributed by atoms with Gasteiger partial charge >= 0.3 is 0 Å². The molecule has 8 heteroatoms. The van der Waals surface area contributed by atoms with Gasteiger partial charge in [-0.15, -0.1) is 24.0 Å². The number of aliphatic imine (C=N–C) groups is 1. The van der Waals surface area contributed by atoms with Crippen molar-refractivity contribution in [1.29, 1.82) is 0 Å². The molecule has 0 bridgehead atoms. The molecule has 1 aromatic carbocycles. The first-order valence-electron chi connectivity index (χ1n) is 9.85. The molecule has 0 aromatic heterocycles. The molecule has 1 rings (SSSR count). The topological polar surface area (TPSA) is 84.0 Å². The third kappa shape index (κ3) is 10.2. The first kappa shape index (κ1) is 27.5. The highest BCUT2D eigenvalue weighted by molar-refractivity contribution is 14.0. The van der Waals surface area contributed by atoms with Crippen LogP contribution < -0.4 is 20.7 Å². The number of nitrogens with one attached hydrogen (secondary N) is 3. The summed E-state index contributed by atoms with van der Waals surface area (Å²) in [5, 5.41) is 9.37. The van der Waals surface area contributed by atoms with Crippen molar-refractivity contribution in [2.75, 3.05) is 40.0 Å². The van der Waals surface area contributed by atoms with Crippen molar-refractivity contribution in [3.8, 4) is 5.75 Å². The lowest BCUT2D eigenvalue weighted by atomic mass is 9.92. The number of rotatable bonds is 11. The predicted molar refractivity (Wildman–Crippen MR) is 129 cm³/mol. The number of carbonyl (C=O) groups excluding carboxylic acids is 1. The van der Waals surface area contributed by atoms with Gasteiger partial charge in [-0.3, -0.25) is 4.79 Å². The highest BCUT2D eigenvalue weighted by atomic mass is 127. The fraction of sp³-hybridized carbons (Fsp3) is 0.619. The molecule has 0 atom stereocenters. The van der Waals surface area contributed by atoms with E-state index < -0.39 is 5.41 Å². The van der Waals surface area contributed by atoms with Crippen LogP contribution in [0.1, 0.15) is 38.8 Å². The van der Waals surface area contributed by atoms with E-state index in [0.717, 1.165) is 23.4 Å². The van der Waals surface area contributed by atoms with Crippen LogP contribution in [-0.4, -0.2) is 51.8 Å². The molecular formula is C21H37IN4O3. The van der Waals surface area contributed by atoms with E-state index in [1.807, 2.05) is 52.8 Å². The van der Waals surface area contributed by atoms with Gasteiger partial charge in [-0.2, -0.15) is 0 Å². The summed E-state index contributed by atoms with van der Waals surface area (Å²) in [5.41, 5.74) is 1.60. The van der Waals surface area contributed by atoms with Crippen molar-refractivity contribution in [2.45, 2.75) is 41.2 Å². The molecule has 0 fully saturated rings. The van der Waals surface area contributed by atoms with Gasteiger partial charge in [-0.1, -0.05) is 12.1 Å². The van der Waals surface area contributed by atoms with Crippen molar-refractivity contribution in [3.63, 3.8) is 0 Å². The van der Waals surface area contributed by atoms with Gasteiger partial charge < -0.3 is 25.4 Å². The molecule has 0 aliphatic heterocycles. The van der Waals surface area contributed by atoms with Crippen LogP contribution >= 0.6 is 24.0 Å². The minimum absolute atomic E-state index is 0. The molecule has 0 radical (unpaired) electrons. The summed E-state index contributed by atoms with van der Waals surface area (Å²) in [6, 6.07) is 6.09. The maximum Gasteiger partial charge on any atom is 0.227 e. The molecule has 0 spiro atoms. The molecule has 0 saturated carbocycles. The van der Waals surface area contributed by atoms with Gasteiger partial charge in [0.25, 0.3) is 0 Å². The maximum absolute atomic E-state index is 12.2. The lowest BCUT2D eigenvalue weighted by Gasteiger charge is -2.25. The molecule has 1 amide bonds. The standard InChI is InChI=1S/C21H36N4O3.HI/c1-7-22-19(26)21(4,5)15-25-20(23-8-2)24-14-17-10-9-16(3)13-18(17)28-12-11-27-6;/h9-10,13H,7-8,11-12,14-15H2,1-6H3,(H,22,26)(H2,23,24,25);1H. The summed E-state index contributed by atoms with van der Waals surface area (Å²) >= 11 is 0. The zero-order valence-electron chi connectivity index (χ0n) is 18.6. The van der Waals surface area contributed by atoms with Gasteiger partial charge in [0.2, 0.25) is 5.91 Å². The fourth-order valence-electron chi connectivity index (χ4n) is 2.45. The van der Waals surface area contributed by atoms with E-state index >= 15 is 0 Å². The summed E-state index contributed by atoms with van der Waals surface area (Å²) in [7, 11) is 1.65. The highest BCUT2D eigenvalue weighted by Gasteiger charge is 2.27. The molecular weight excluding hydrogens is 483 g/mol. The Kier molecular flexibility index (Phi) is 13.7. The molecule has 1 aromatic rings. The first-order chi connectivity index (χ1) is 13.3. The number of aryl methyl sites for hydroxylation is 1. The van der Waals surface area contributed by atoms with E-state index in [1.165, 1.54) is 0 Å². The summed E-state index contributed by atoms with van der Waals surface area (Å²) < 4.78 is 10.9. The monoisotopic (exact) mass is 520 g/mol. The Hall–Kier alpha value is -1.55. The number of guanidine groups is 1. The van der Waals surface area contributed by atoms with Crippen molar-refractivity contribution >= 4 is 35.8 Å². The molecule has 0 aliphatic carbocycles. The zero-order chi connectivity index (χ0) is 21.0. The molecule has 0 heterocycles. The molecule has 0 saturated heterocycles. The summed E-state index contributed by atoms with van der Waals surface area (Å²) in [5.74, 6) is 1.51. The second-order valence-corrected chi connectivity index (χ2v) is 7.24. The van der Waals surface area contributed by atoms with Gasteiger partial charge in [-0.25, -0.2) is 4.99 Å². The number of methoxy groups -OCH3 is 1. The van der Waals surface area contributed by atoms with Crippen molar-refractivity contribution in [1.82, 2.24) is 16.0 Å². The summed E-state index contributed by atoms with van der Waals surface area (Å²) in [4.78, 5) is 16.8. The van der Waals surface area contributed by atoms with Crippen molar-refractivity contribution in [3.05, 3.63) is 29.3 Å². The van der Waals surface area contributed by atoms with Crippen LogP contribution in [-0.2, 0) is 16.1 Å². The smallest absolute Gasteiger partial charge is 0.227 e. The van der Waals surface area contributed by atoms with Crippen LogP contribution in [0.5, 0.6) is 5.75 Å². The third-order valence-corrected chi connectivity index (χ3v) is 4.17. The van der Waals surface area contributed by atoms with E-state index in [9.17, 15) is 4.79 Å². The number of carbonyl (C=O) groups is 1. The van der Waals surface area contributed by atoms with Crippen LogP contribution in [0.25, 0.3) is 0 Å². The Balaban J connectivity index is 0.00000784. The van der Waals surface area contributed by atoms with Crippen LogP contribution in [0.15, 0.2) is 23.2 Å². The Morgan fingerprint density at radius 3 is 2.41 bits per heavy atom. The van der Waals surface area contributed by atoms with Crippen LogP contribution in [0.3, 0.4) is 0 Å². The number of amides is 1. The average molecular weight is 520 g/mol. The number of hydrogen-bond acceptors (Lipinski definition) is 4. The fourth-order valence-corrected chi connectivity index (χ4v) is 2.45. The van der Waals surface area contributed by atoms with E-state index in [-0.39, 0.29) is 29.9 Å². The van der Waals surface area contributed by atoms with Gasteiger partial charge in [0.1, 0.15) is 12.4 Å². The summed E-state index contributed by atoms with van der Waals surface area (Å²) in [6.45, 7) is 13.1. The van der Waals surface area contributed by atoms with Gasteiger partial charge in [-0.05, 0) is 46.2 Å². The van der Waals surface area contributed by atoms with Crippen LogP contribution in [0.4, 0.5) is 0 Å². The Morgan fingerprint density at radius 2 is 1.79 bits per heavy atom. The first-order valence-corrected chi connectivity index (χ1v) is 9.85. The molecule has 166 valence electrons. The molecule has 0 aliphatic rings. The van der Waals surface area contributed by atoms with Crippen molar-refractivity contribution < 1.29 is 14.3 Å². The minimum atomic E-state index is -0.537. The second kappa shape index (κ2) is 14.4. The van der Waals surface area contributed by atoms with E-state index in [0.29, 0.717) is 38.8 Å². The maximum atomic E-state index is 12.2. The van der Waals surface area contributed by atoms with Crippen molar-refractivity contribution in [2.24, 2.45) is 10.4 Å². The Bertz CT molecular complexity index is 651. The number of ether oxygens (including phenoxy) is 2. The molecule has 0 unspecified atom stereocenters. The number of nitrogens with zero attached hydrogens (tertiary/aromatic N) is 1. The van der Waals surface area contributed by atoms with Crippen LogP contribution in [0.2, 0.25) is 0 Å². The summed E-state index contributed by atoms with van der Waals surface area (Å²) in [6.07, 6.45) is 0. The normalized spacial score (nSPS) is 11.4.